The third-order valence-corrected chi connectivity index (χ3v) is 5.98. The molecule has 1 amide bonds. The maximum absolute atomic E-state index is 13.3. The fraction of sp³-hybridized carbons (Fsp3) is 0.765. The third-order valence-electron chi connectivity index (χ3n) is 5.25. The predicted molar refractivity (Wildman–Crippen MR) is 96.0 cm³/mol. The average Bonchev–Trinajstić information content (AvgIpc) is 2.89. The quantitative estimate of drug-likeness (QED) is 0.847. The van der Waals surface area contributed by atoms with Crippen LogP contribution in [-0.4, -0.2) is 54.4 Å². The molecule has 2 heterocycles. The van der Waals surface area contributed by atoms with E-state index in [2.05, 4.69) is 9.82 Å². The summed E-state index contributed by atoms with van der Waals surface area (Å²) in [4.78, 5) is 15.2. The summed E-state index contributed by atoms with van der Waals surface area (Å²) in [5, 5.41) is 4.56. The minimum Gasteiger partial charge on any atom is -0.334 e. The second kappa shape index (κ2) is 7.45. The molecule has 1 aliphatic heterocycles. The van der Waals surface area contributed by atoms with E-state index in [1.807, 2.05) is 11.9 Å². The highest BCUT2D eigenvalue weighted by molar-refractivity contribution is 7.88. The summed E-state index contributed by atoms with van der Waals surface area (Å²) in [5.74, 6) is 0.0576. The molecule has 3 rings (SSSR count). The zero-order chi connectivity index (χ0) is 18.0. The zero-order valence-electron chi connectivity index (χ0n) is 15.1. The van der Waals surface area contributed by atoms with Crippen LogP contribution in [0.3, 0.4) is 0 Å². The lowest BCUT2D eigenvalue weighted by Gasteiger charge is -2.36. The monoisotopic (exact) mass is 368 g/mol. The van der Waals surface area contributed by atoms with Crippen molar-refractivity contribution in [2.45, 2.75) is 57.4 Å². The Morgan fingerprint density at radius 3 is 2.76 bits per heavy atom. The molecular formula is C17H28N4O3S. The Morgan fingerprint density at radius 2 is 2.00 bits per heavy atom. The van der Waals surface area contributed by atoms with Crippen LogP contribution < -0.4 is 4.72 Å². The van der Waals surface area contributed by atoms with Crippen molar-refractivity contribution in [2.75, 3.05) is 19.3 Å². The van der Waals surface area contributed by atoms with Gasteiger partial charge in [0.05, 0.1) is 11.9 Å². The van der Waals surface area contributed by atoms with Gasteiger partial charge in [-0.25, -0.2) is 13.1 Å². The van der Waals surface area contributed by atoms with Gasteiger partial charge in [-0.3, -0.25) is 9.48 Å². The van der Waals surface area contributed by atoms with Gasteiger partial charge < -0.3 is 4.90 Å². The number of fused-ring (bicyclic) bond motifs is 1. The Morgan fingerprint density at radius 1 is 1.24 bits per heavy atom. The molecule has 1 fully saturated rings. The average molecular weight is 369 g/mol. The number of amides is 1. The van der Waals surface area contributed by atoms with Crippen LogP contribution in [0.1, 0.15) is 60.3 Å². The lowest BCUT2D eigenvalue weighted by atomic mass is 9.94. The van der Waals surface area contributed by atoms with Gasteiger partial charge in [-0.1, -0.05) is 0 Å². The number of nitrogens with zero attached hydrogens (tertiary/aromatic N) is 3. The standard InChI is InChI=1S/C17H28N4O3S/c1-20-16(14-8-3-4-9-15(14)19-20)17(22)21-12-6-5-7-13(21)10-11-18-25(2,23)24/h13,18H,3-12H2,1-2H3/t13-/m1/s1. The number of hydrogen-bond donors (Lipinski definition) is 1. The van der Waals surface area contributed by atoms with Crippen molar-refractivity contribution in [1.82, 2.24) is 19.4 Å². The Kier molecular flexibility index (Phi) is 5.48. The number of hydrogen-bond acceptors (Lipinski definition) is 4. The van der Waals surface area contributed by atoms with Crippen molar-refractivity contribution in [1.29, 1.82) is 0 Å². The zero-order valence-corrected chi connectivity index (χ0v) is 15.9. The van der Waals surface area contributed by atoms with Crippen LogP contribution in [0.15, 0.2) is 0 Å². The van der Waals surface area contributed by atoms with E-state index in [1.54, 1.807) is 4.68 Å². The second-order valence-electron chi connectivity index (χ2n) is 7.21. The Labute approximate surface area is 149 Å². The van der Waals surface area contributed by atoms with E-state index < -0.39 is 10.0 Å². The SMILES string of the molecule is Cn1nc2c(c1C(=O)N1CCCC[C@@H]1CCNS(C)(=O)=O)CCCC2. The Bertz CT molecular complexity index is 741. The predicted octanol–water partition coefficient (Wildman–Crippen LogP) is 1.23. The number of sulfonamides is 1. The van der Waals surface area contributed by atoms with Crippen LogP contribution in [0.5, 0.6) is 0 Å². The number of aromatic nitrogens is 2. The highest BCUT2D eigenvalue weighted by Crippen LogP contribution is 2.27. The normalized spacial score (nSPS) is 21.2. The number of aryl methyl sites for hydroxylation is 2. The molecule has 0 unspecified atom stereocenters. The summed E-state index contributed by atoms with van der Waals surface area (Å²) in [6, 6.07) is 0.0876. The highest BCUT2D eigenvalue weighted by Gasteiger charge is 2.32. The molecule has 7 nitrogen and oxygen atoms in total. The minimum absolute atomic E-state index is 0.0576. The van der Waals surface area contributed by atoms with Gasteiger partial charge in [0.15, 0.2) is 0 Å². The first-order chi connectivity index (χ1) is 11.9. The first-order valence-electron chi connectivity index (χ1n) is 9.17. The minimum atomic E-state index is -3.19. The summed E-state index contributed by atoms with van der Waals surface area (Å²) in [5.41, 5.74) is 2.93. The number of nitrogens with one attached hydrogen (secondary N) is 1. The van der Waals surface area contributed by atoms with Crippen molar-refractivity contribution >= 4 is 15.9 Å². The molecule has 0 spiro atoms. The molecule has 8 heteroatoms. The van der Waals surface area contributed by atoms with E-state index in [4.69, 9.17) is 0 Å². The van der Waals surface area contributed by atoms with Crippen LogP contribution >= 0.6 is 0 Å². The topological polar surface area (TPSA) is 84.3 Å². The molecule has 1 aromatic rings. The number of carbonyl (C=O) groups excluding carboxylic acids is 1. The number of likely N-dealkylation sites (tertiary alicyclic amines) is 1. The third kappa shape index (κ3) is 4.23. The van der Waals surface area contributed by atoms with E-state index in [0.717, 1.165) is 68.4 Å². The Hall–Kier alpha value is -1.41. The Balaban J connectivity index is 1.76. The van der Waals surface area contributed by atoms with E-state index in [-0.39, 0.29) is 11.9 Å². The van der Waals surface area contributed by atoms with Crippen molar-refractivity contribution in [3.05, 3.63) is 17.0 Å². The maximum atomic E-state index is 13.3. The highest BCUT2D eigenvalue weighted by atomic mass is 32.2. The smallest absolute Gasteiger partial charge is 0.272 e. The fourth-order valence-electron chi connectivity index (χ4n) is 4.06. The van der Waals surface area contributed by atoms with Crippen LogP contribution in [0.2, 0.25) is 0 Å². The molecule has 1 aliphatic carbocycles. The van der Waals surface area contributed by atoms with Gasteiger partial charge in [-0.2, -0.15) is 5.10 Å². The summed E-state index contributed by atoms with van der Waals surface area (Å²) in [7, 11) is -1.34. The first kappa shape index (κ1) is 18.4. The van der Waals surface area contributed by atoms with Crippen molar-refractivity contribution in [2.24, 2.45) is 7.05 Å². The largest absolute Gasteiger partial charge is 0.334 e. The number of piperidine rings is 1. The second-order valence-corrected chi connectivity index (χ2v) is 9.04. The lowest BCUT2D eigenvalue weighted by Crippen LogP contribution is -2.46. The molecule has 140 valence electrons. The van der Waals surface area contributed by atoms with Crippen LogP contribution in [0.25, 0.3) is 0 Å². The number of carbonyl (C=O) groups is 1. The molecule has 0 saturated carbocycles. The van der Waals surface area contributed by atoms with Gasteiger partial charge in [0.25, 0.3) is 5.91 Å². The van der Waals surface area contributed by atoms with Gasteiger partial charge in [0.1, 0.15) is 5.69 Å². The van der Waals surface area contributed by atoms with Crippen molar-refractivity contribution < 1.29 is 13.2 Å². The van der Waals surface area contributed by atoms with E-state index in [0.29, 0.717) is 13.0 Å². The molecular weight excluding hydrogens is 340 g/mol. The molecule has 0 radical (unpaired) electrons. The molecule has 0 bridgehead atoms. The summed E-state index contributed by atoms with van der Waals surface area (Å²) in [6.07, 6.45) is 8.96. The molecule has 1 aromatic heterocycles. The van der Waals surface area contributed by atoms with Crippen LogP contribution in [0, 0.1) is 0 Å². The fourth-order valence-corrected chi connectivity index (χ4v) is 4.55. The van der Waals surface area contributed by atoms with E-state index >= 15 is 0 Å². The van der Waals surface area contributed by atoms with Gasteiger partial charge in [0.2, 0.25) is 10.0 Å². The lowest BCUT2D eigenvalue weighted by molar-refractivity contribution is 0.0591. The molecule has 25 heavy (non-hydrogen) atoms. The maximum Gasteiger partial charge on any atom is 0.272 e. The summed E-state index contributed by atoms with van der Waals surface area (Å²) < 4.78 is 26.8. The number of rotatable bonds is 5. The van der Waals surface area contributed by atoms with E-state index in [9.17, 15) is 13.2 Å². The molecule has 1 N–H and O–H groups in total. The molecule has 0 aromatic carbocycles. The van der Waals surface area contributed by atoms with Crippen molar-refractivity contribution in [3.63, 3.8) is 0 Å². The van der Waals surface area contributed by atoms with E-state index in [1.165, 1.54) is 6.26 Å². The van der Waals surface area contributed by atoms with Gasteiger partial charge in [-0.15, -0.1) is 0 Å². The summed E-state index contributed by atoms with van der Waals surface area (Å²) >= 11 is 0. The summed E-state index contributed by atoms with van der Waals surface area (Å²) in [6.45, 7) is 1.11. The molecule has 1 saturated heterocycles. The van der Waals surface area contributed by atoms with Gasteiger partial charge >= 0.3 is 0 Å². The van der Waals surface area contributed by atoms with Gasteiger partial charge in [0, 0.05) is 31.7 Å². The first-order valence-corrected chi connectivity index (χ1v) is 11.1. The van der Waals surface area contributed by atoms with Crippen LogP contribution in [0.4, 0.5) is 0 Å². The van der Waals surface area contributed by atoms with Crippen LogP contribution in [-0.2, 0) is 29.9 Å². The van der Waals surface area contributed by atoms with Gasteiger partial charge in [-0.05, 0) is 51.4 Å². The molecule has 1 atom stereocenters. The molecule has 2 aliphatic rings. The van der Waals surface area contributed by atoms with Crippen molar-refractivity contribution in [3.8, 4) is 0 Å².